The third-order valence-electron chi connectivity index (χ3n) is 4.63. The topological polar surface area (TPSA) is 34.6 Å². The molecular weight excluding hydrogens is 293 g/mol. The molecule has 0 spiro atoms. The van der Waals surface area contributed by atoms with Crippen LogP contribution in [-0.2, 0) is 18.3 Å². The summed E-state index contributed by atoms with van der Waals surface area (Å²) in [6.07, 6.45) is -0.0506. The van der Waals surface area contributed by atoms with Crippen LogP contribution in [0.3, 0.4) is 0 Å². The number of nitrogens with zero attached hydrogens (tertiary/aromatic N) is 4. The average molecular weight is 311 g/mol. The fraction of sp³-hybridized carbons (Fsp3) is 0.533. The van der Waals surface area contributed by atoms with Crippen LogP contribution in [0.15, 0.2) is 24.4 Å². The van der Waals surface area contributed by atoms with Gasteiger partial charge >= 0.3 is 6.18 Å². The molecule has 0 radical (unpaired) electrons. The van der Waals surface area contributed by atoms with Gasteiger partial charge in [0.15, 0.2) is 11.7 Å². The van der Waals surface area contributed by atoms with E-state index in [4.69, 9.17) is 0 Å². The highest BCUT2D eigenvalue weighted by Crippen LogP contribution is 2.33. The average Bonchev–Trinajstić information content (AvgIpc) is 2.89. The highest BCUT2D eigenvalue weighted by atomic mass is 19.4. The lowest BCUT2D eigenvalue weighted by atomic mass is 9.88. The smallest absolute Gasteiger partial charge is 0.240 e. The molecule has 0 saturated heterocycles. The lowest BCUT2D eigenvalue weighted by Gasteiger charge is -2.25. The number of aryl methyl sites for hydroxylation is 1. The zero-order valence-corrected chi connectivity index (χ0v) is 12.6. The van der Waals surface area contributed by atoms with Crippen LogP contribution in [0.5, 0.6) is 0 Å². The first kappa shape index (κ1) is 15.0. The molecule has 3 heterocycles. The van der Waals surface area contributed by atoms with Gasteiger partial charge in [-0.1, -0.05) is 13.8 Å². The molecule has 0 N–H and O–H groups in total. The summed E-state index contributed by atoms with van der Waals surface area (Å²) >= 11 is 0. The van der Waals surface area contributed by atoms with Gasteiger partial charge in [0.2, 0.25) is 5.82 Å². The Hall–Kier alpha value is -1.92. The van der Waals surface area contributed by atoms with Crippen molar-refractivity contribution >= 4 is 0 Å². The van der Waals surface area contributed by atoms with E-state index in [0.717, 1.165) is 19.3 Å². The Morgan fingerprint density at radius 3 is 2.64 bits per heavy atom. The van der Waals surface area contributed by atoms with Crippen LogP contribution in [0, 0.1) is 0 Å². The summed E-state index contributed by atoms with van der Waals surface area (Å²) in [5.41, 5.74) is 0.573. The van der Waals surface area contributed by atoms with Crippen LogP contribution in [0.1, 0.15) is 38.9 Å². The zero-order valence-electron chi connectivity index (χ0n) is 12.6. The SMILES string of the molecule is CCC1(CC)CCn2nc(C(F)(F)F)nc2-c2cccc[n+]21. The van der Waals surface area contributed by atoms with Crippen molar-refractivity contribution in [3.8, 4) is 11.5 Å². The number of alkyl halides is 3. The Bertz CT molecular complexity index is 686. The highest BCUT2D eigenvalue weighted by molar-refractivity contribution is 5.45. The number of rotatable bonds is 2. The molecule has 1 aliphatic rings. The van der Waals surface area contributed by atoms with E-state index in [0.29, 0.717) is 12.2 Å². The van der Waals surface area contributed by atoms with E-state index in [-0.39, 0.29) is 11.4 Å². The standard InChI is InChI=1S/C15H18F3N4/c1-3-14(4-2)8-10-22-12(11-7-5-6-9-21(11)14)19-13(20-22)15(16,17)18/h5-7,9H,3-4,8,10H2,1-2H3/q+1. The molecule has 0 amide bonds. The molecule has 22 heavy (non-hydrogen) atoms. The second kappa shape index (κ2) is 5.07. The van der Waals surface area contributed by atoms with Gasteiger partial charge in [-0.15, -0.1) is 5.10 Å². The second-order valence-electron chi connectivity index (χ2n) is 5.62. The molecule has 0 aromatic carbocycles. The molecule has 2 aromatic heterocycles. The van der Waals surface area contributed by atoms with Gasteiger partial charge < -0.3 is 0 Å². The van der Waals surface area contributed by atoms with E-state index in [1.54, 1.807) is 0 Å². The van der Waals surface area contributed by atoms with E-state index in [1.165, 1.54) is 4.68 Å². The number of hydrogen-bond donors (Lipinski definition) is 0. The van der Waals surface area contributed by atoms with Gasteiger partial charge in [0.1, 0.15) is 0 Å². The lowest BCUT2D eigenvalue weighted by Crippen LogP contribution is -2.56. The van der Waals surface area contributed by atoms with Gasteiger partial charge in [-0.25, -0.2) is 4.68 Å². The lowest BCUT2D eigenvalue weighted by molar-refractivity contribution is -0.757. The van der Waals surface area contributed by atoms with Gasteiger partial charge in [0.25, 0.3) is 11.5 Å². The molecule has 0 aliphatic carbocycles. The molecule has 1 aliphatic heterocycles. The minimum atomic E-state index is -4.52. The quantitative estimate of drug-likeness (QED) is 0.799. The van der Waals surface area contributed by atoms with Crippen molar-refractivity contribution in [2.45, 2.75) is 51.4 Å². The van der Waals surface area contributed by atoms with Crippen molar-refractivity contribution in [2.24, 2.45) is 0 Å². The van der Waals surface area contributed by atoms with Crippen molar-refractivity contribution < 1.29 is 17.7 Å². The Kier molecular flexibility index (Phi) is 3.45. The van der Waals surface area contributed by atoms with Crippen LogP contribution < -0.4 is 4.57 Å². The van der Waals surface area contributed by atoms with Crippen molar-refractivity contribution in [1.29, 1.82) is 0 Å². The van der Waals surface area contributed by atoms with Gasteiger partial charge in [-0.3, -0.25) is 0 Å². The second-order valence-corrected chi connectivity index (χ2v) is 5.62. The minimum Gasteiger partial charge on any atom is -0.240 e. The van der Waals surface area contributed by atoms with Crippen LogP contribution in [0.4, 0.5) is 13.2 Å². The van der Waals surface area contributed by atoms with Crippen LogP contribution in [0.25, 0.3) is 11.5 Å². The van der Waals surface area contributed by atoms with Crippen LogP contribution in [-0.4, -0.2) is 14.8 Å². The van der Waals surface area contributed by atoms with Crippen LogP contribution >= 0.6 is 0 Å². The van der Waals surface area contributed by atoms with Crippen molar-refractivity contribution in [3.05, 3.63) is 30.2 Å². The summed E-state index contributed by atoms with van der Waals surface area (Å²) in [4.78, 5) is 3.76. The molecule has 3 rings (SSSR count). The molecule has 0 saturated carbocycles. The maximum Gasteiger partial charge on any atom is 0.453 e. The molecule has 4 nitrogen and oxygen atoms in total. The molecular formula is C15H18F3N4+. The van der Waals surface area contributed by atoms with Gasteiger partial charge in [-0.2, -0.15) is 22.7 Å². The van der Waals surface area contributed by atoms with E-state index < -0.39 is 12.0 Å². The summed E-state index contributed by atoms with van der Waals surface area (Å²) < 4.78 is 42.1. The Labute approximate surface area is 126 Å². The number of aromatic nitrogens is 4. The number of pyridine rings is 1. The molecule has 0 atom stereocenters. The summed E-state index contributed by atoms with van der Waals surface area (Å²) in [5, 5.41) is 3.68. The number of hydrogen-bond acceptors (Lipinski definition) is 2. The van der Waals surface area contributed by atoms with E-state index >= 15 is 0 Å². The third kappa shape index (κ3) is 2.19. The molecule has 0 fully saturated rings. The first-order chi connectivity index (χ1) is 10.4. The fourth-order valence-corrected chi connectivity index (χ4v) is 3.23. The maximum atomic E-state index is 12.9. The van der Waals surface area contributed by atoms with Gasteiger partial charge in [0, 0.05) is 31.4 Å². The Morgan fingerprint density at radius 1 is 1.27 bits per heavy atom. The zero-order chi connectivity index (χ0) is 16.0. The van der Waals surface area contributed by atoms with Crippen molar-refractivity contribution in [1.82, 2.24) is 14.8 Å². The summed E-state index contributed by atoms with van der Waals surface area (Å²) in [5.74, 6) is -0.782. The first-order valence-corrected chi connectivity index (χ1v) is 7.45. The predicted octanol–water partition coefficient (Wildman–Crippen LogP) is 3.17. The summed E-state index contributed by atoms with van der Waals surface area (Å²) in [6.45, 7) is 4.65. The van der Waals surface area contributed by atoms with Gasteiger partial charge in [-0.05, 0) is 6.07 Å². The van der Waals surface area contributed by atoms with Gasteiger partial charge in [0.05, 0.1) is 6.54 Å². The summed E-state index contributed by atoms with van der Waals surface area (Å²) in [6, 6.07) is 5.53. The third-order valence-corrected chi connectivity index (χ3v) is 4.63. The fourth-order valence-electron chi connectivity index (χ4n) is 3.23. The summed E-state index contributed by atoms with van der Waals surface area (Å²) in [7, 11) is 0. The Morgan fingerprint density at radius 2 is 2.00 bits per heavy atom. The van der Waals surface area contributed by atoms with E-state index in [1.807, 2.05) is 24.4 Å². The molecule has 7 heteroatoms. The normalized spacial score (nSPS) is 16.8. The molecule has 118 valence electrons. The molecule has 2 aromatic rings. The monoisotopic (exact) mass is 311 g/mol. The molecule has 0 unspecified atom stereocenters. The van der Waals surface area contributed by atoms with Crippen molar-refractivity contribution in [2.75, 3.05) is 0 Å². The molecule has 0 bridgehead atoms. The predicted molar refractivity (Wildman–Crippen MR) is 73.8 cm³/mol. The number of fused-ring (bicyclic) bond motifs is 3. The maximum absolute atomic E-state index is 12.9. The van der Waals surface area contributed by atoms with E-state index in [9.17, 15) is 13.2 Å². The number of halogens is 3. The Balaban J connectivity index is 2.22. The first-order valence-electron chi connectivity index (χ1n) is 7.45. The highest BCUT2D eigenvalue weighted by Gasteiger charge is 2.44. The van der Waals surface area contributed by atoms with Crippen LogP contribution in [0.2, 0.25) is 0 Å². The largest absolute Gasteiger partial charge is 0.453 e. The van der Waals surface area contributed by atoms with Crippen molar-refractivity contribution in [3.63, 3.8) is 0 Å². The van der Waals surface area contributed by atoms with E-state index in [2.05, 4.69) is 28.5 Å². The minimum absolute atomic E-state index is 0.114.